The Balaban J connectivity index is 1.83. The minimum atomic E-state index is 0.00472. The van der Waals surface area contributed by atoms with E-state index >= 15 is 0 Å². The third-order valence-corrected chi connectivity index (χ3v) is 4.36. The Bertz CT molecular complexity index is 702. The molecule has 1 aliphatic rings. The summed E-state index contributed by atoms with van der Waals surface area (Å²) in [5.41, 5.74) is 1.73. The van der Waals surface area contributed by atoms with Gasteiger partial charge < -0.3 is 13.7 Å². The molecule has 0 aromatic carbocycles. The lowest BCUT2D eigenvalue weighted by Crippen LogP contribution is -2.31. The van der Waals surface area contributed by atoms with Crippen LogP contribution >= 0.6 is 15.9 Å². The van der Waals surface area contributed by atoms with Crippen molar-refractivity contribution in [2.45, 2.75) is 26.4 Å². The van der Waals surface area contributed by atoms with Crippen molar-refractivity contribution in [2.75, 3.05) is 20.6 Å². The molecule has 1 amide bonds. The number of aryl methyl sites for hydroxylation is 1. The van der Waals surface area contributed by atoms with Gasteiger partial charge in [-0.3, -0.25) is 9.69 Å². The molecule has 0 saturated heterocycles. The van der Waals surface area contributed by atoms with Crippen LogP contribution in [0, 0.1) is 6.92 Å². The fraction of sp³-hybridized carbons (Fsp3) is 0.438. The Hall–Kier alpha value is -1.53. The molecule has 118 valence electrons. The number of rotatable bonds is 3. The molecular formula is C16H19BrN2O3. The maximum absolute atomic E-state index is 12.4. The third-order valence-electron chi connectivity index (χ3n) is 3.93. The van der Waals surface area contributed by atoms with E-state index in [0.29, 0.717) is 17.9 Å². The van der Waals surface area contributed by atoms with E-state index < -0.39 is 0 Å². The molecule has 2 aromatic heterocycles. The second-order valence-corrected chi connectivity index (χ2v) is 6.58. The van der Waals surface area contributed by atoms with Gasteiger partial charge in [-0.2, -0.15) is 0 Å². The first-order valence-corrected chi connectivity index (χ1v) is 8.04. The van der Waals surface area contributed by atoms with Crippen molar-refractivity contribution >= 4 is 21.8 Å². The van der Waals surface area contributed by atoms with E-state index in [4.69, 9.17) is 8.83 Å². The highest BCUT2D eigenvalue weighted by molar-refractivity contribution is 9.10. The molecule has 0 spiro atoms. The Morgan fingerprint density at radius 2 is 2.14 bits per heavy atom. The van der Waals surface area contributed by atoms with Crippen molar-refractivity contribution in [1.82, 2.24) is 9.80 Å². The Labute approximate surface area is 138 Å². The number of halogens is 1. The zero-order valence-corrected chi connectivity index (χ0v) is 14.6. The van der Waals surface area contributed by atoms with Crippen LogP contribution in [0.4, 0.5) is 0 Å². The van der Waals surface area contributed by atoms with Gasteiger partial charge in [-0.1, -0.05) is 0 Å². The van der Waals surface area contributed by atoms with E-state index in [-0.39, 0.29) is 5.91 Å². The van der Waals surface area contributed by atoms with Crippen LogP contribution < -0.4 is 0 Å². The predicted molar refractivity (Wildman–Crippen MR) is 85.7 cm³/mol. The summed E-state index contributed by atoms with van der Waals surface area (Å²) in [6.45, 7) is 4.20. The van der Waals surface area contributed by atoms with Crippen LogP contribution in [0.5, 0.6) is 0 Å². The smallest absolute Gasteiger partial charge is 0.257 e. The molecule has 22 heavy (non-hydrogen) atoms. The van der Waals surface area contributed by atoms with Crippen molar-refractivity contribution in [3.05, 3.63) is 45.2 Å². The lowest BCUT2D eigenvalue weighted by Gasteiger charge is -2.26. The summed E-state index contributed by atoms with van der Waals surface area (Å²) < 4.78 is 12.1. The molecule has 0 fully saturated rings. The monoisotopic (exact) mass is 366 g/mol. The minimum Gasteiger partial charge on any atom is -0.465 e. The fourth-order valence-corrected chi connectivity index (χ4v) is 3.22. The van der Waals surface area contributed by atoms with Gasteiger partial charge in [0, 0.05) is 39.2 Å². The highest BCUT2D eigenvalue weighted by Crippen LogP contribution is 2.30. The number of hydrogen-bond acceptors (Lipinski definition) is 4. The second kappa shape index (κ2) is 5.93. The first kappa shape index (κ1) is 15.4. The fourth-order valence-electron chi connectivity index (χ4n) is 2.88. The third kappa shape index (κ3) is 2.85. The average molecular weight is 367 g/mol. The first-order chi connectivity index (χ1) is 10.5. The summed E-state index contributed by atoms with van der Waals surface area (Å²) in [6.07, 6.45) is 0.818. The zero-order valence-electron chi connectivity index (χ0n) is 13.0. The van der Waals surface area contributed by atoms with Gasteiger partial charge in [0.2, 0.25) is 0 Å². The maximum atomic E-state index is 12.4. The van der Waals surface area contributed by atoms with Crippen molar-refractivity contribution < 1.29 is 13.6 Å². The number of fused-ring (bicyclic) bond motifs is 1. The van der Waals surface area contributed by atoms with Crippen molar-refractivity contribution in [3.8, 4) is 0 Å². The standard InChI is InChI=1S/C16H19BrN2O3/c1-10-15(16(20)18(2)3)12-9-19(7-6-13(12)21-10)8-11-4-5-14(17)22-11/h4-5H,6-9H2,1-3H3. The van der Waals surface area contributed by atoms with E-state index in [0.717, 1.165) is 41.3 Å². The van der Waals surface area contributed by atoms with E-state index in [1.807, 2.05) is 19.1 Å². The zero-order chi connectivity index (χ0) is 15.9. The van der Waals surface area contributed by atoms with Gasteiger partial charge in [0.15, 0.2) is 4.67 Å². The molecule has 3 heterocycles. The molecule has 0 saturated carbocycles. The molecule has 0 unspecified atom stereocenters. The lowest BCUT2D eigenvalue weighted by atomic mass is 10.0. The van der Waals surface area contributed by atoms with Crippen molar-refractivity contribution in [1.29, 1.82) is 0 Å². The number of nitrogens with zero attached hydrogens (tertiary/aromatic N) is 2. The largest absolute Gasteiger partial charge is 0.465 e. The summed E-state index contributed by atoms with van der Waals surface area (Å²) in [5.74, 6) is 2.58. The van der Waals surface area contributed by atoms with Crippen LogP contribution in [0.2, 0.25) is 0 Å². The van der Waals surface area contributed by atoms with E-state index in [1.165, 1.54) is 0 Å². The van der Waals surface area contributed by atoms with Gasteiger partial charge in [-0.25, -0.2) is 0 Å². The van der Waals surface area contributed by atoms with Crippen LogP contribution in [-0.4, -0.2) is 36.3 Å². The molecule has 1 aliphatic heterocycles. The van der Waals surface area contributed by atoms with Gasteiger partial charge in [0.25, 0.3) is 5.91 Å². The summed E-state index contributed by atoms with van der Waals surface area (Å²) >= 11 is 3.32. The average Bonchev–Trinajstić information content (AvgIpc) is 3.00. The van der Waals surface area contributed by atoms with Crippen LogP contribution in [-0.2, 0) is 19.5 Å². The molecule has 5 nitrogen and oxygen atoms in total. The highest BCUT2D eigenvalue weighted by Gasteiger charge is 2.29. The molecule has 2 aromatic rings. The normalized spacial score (nSPS) is 14.9. The van der Waals surface area contributed by atoms with Crippen LogP contribution in [0.1, 0.15) is 33.2 Å². The molecule has 6 heteroatoms. The SMILES string of the molecule is Cc1oc2c(c1C(=O)N(C)C)CN(Cc1ccc(Br)o1)CC2. The Morgan fingerprint density at radius 1 is 1.36 bits per heavy atom. The number of hydrogen-bond donors (Lipinski definition) is 0. The van der Waals surface area contributed by atoms with Crippen LogP contribution in [0.15, 0.2) is 25.6 Å². The van der Waals surface area contributed by atoms with Gasteiger partial charge in [0.05, 0.1) is 12.1 Å². The van der Waals surface area contributed by atoms with Crippen LogP contribution in [0.3, 0.4) is 0 Å². The van der Waals surface area contributed by atoms with Crippen molar-refractivity contribution in [3.63, 3.8) is 0 Å². The minimum absolute atomic E-state index is 0.00472. The summed E-state index contributed by atoms with van der Waals surface area (Å²) in [7, 11) is 3.53. The number of furan rings is 2. The topological polar surface area (TPSA) is 49.8 Å². The Kier molecular flexibility index (Phi) is 4.14. The van der Waals surface area contributed by atoms with E-state index in [2.05, 4.69) is 20.8 Å². The quantitative estimate of drug-likeness (QED) is 0.836. The predicted octanol–water partition coefficient (Wildman–Crippen LogP) is 3.20. The lowest BCUT2D eigenvalue weighted by molar-refractivity contribution is 0.0823. The molecular weight excluding hydrogens is 348 g/mol. The molecule has 3 rings (SSSR count). The van der Waals surface area contributed by atoms with Gasteiger partial charge in [0.1, 0.15) is 17.3 Å². The molecule has 0 N–H and O–H groups in total. The Morgan fingerprint density at radius 3 is 2.77 bits per heavy atom. The highest BCUT2D eigenvalue weighted by atomic mass is 79.9. The molecule has 0 aliphatic carbocycles. The van der Waals surface area contributed by atoms with Crippen molar-refractivity contribution in [2.24, 2.45) is 0 Å². The van der Waals surface area contributed by atoms with Crippen LogP contribution in [0.25, 0.3) is 0 Å². The number of carbonyl (C=O) groups excluding carboxylic acids is 1. The number of carbonyl (C=O) groups is 1. The summed E-state index contributed by atoms with van der Waals surface area (Å²) in [6, 6.07) is 3.86. The number of amides is 1. The van der Waals surface area contributed by atoms with E-state index in [9.17, 15) is 4.79 Å². The first-order valence-electron chi connectivity index (χ1n) is 7.25. The van der Waals surface area contributed by atoms with Gasteiger partial charge >= 0.3 is 0 Å². The molecule has 0 bridgehead atoms. The summed E-state index contributed by atoms with van der Waals surface area (Å²) in [4.78, 5) is 16.3. The second-order valence-electron chi connectivity index (χ2n) is 5.80. The molecule has 0 radical (unpaired) electrons. The van der Waals surface area contributed by atoms with Gasteiger partial charge in [-0.15, -0.1) is 0 Å². The van der Waals surface area contributed by atoms with Gasteiger partial charge in [-0.05, 0) is 35.0 Å². The summed E-state index contributed by atoms with van der Waals surface area (Å²) in [5, 5.41) is 0. The molecule has 0 atom stereocenters. The maximum Gasteiger partial charge on any atom is 0.257 e. The van der Waals surface area contributed by atoms with E-state index in [1.54, 1.807) is 19.0 Å².